The summed E-state index contributed by atoms with van der Waals surface area (Å²) in [5.41, 5.74) is 0.00911. The highest BCUT2D eigenvalue weighted by atomic mass is 19.4. The highest BCUT2D eigenvalue weighted by molar-refractivity contribution is 5.89. The first-order chi connectivity index (χ1) is 10.2. The van der Waals surface area contributed by atoms with E-state index in [1.807, 2.05) is 0 Å². The van der Waals surface area contributed by atoms with Gasteiger partial charge < -0.3 is 15.5 Å². The number of halogens is 3. The molecule has 0 saturated carbocycles. The van der Waals surface area contributed by atoms with Crippen LogP contribution in [0.2, 0.25) is 0 Å². The van der Waals surface area contributed by atoms with Gasteiger partial charge in [0.1, 0.15) is 6.54 Å². The summed E-state index contributed by atoms with van der Waals surface area (Å²) in [5.74, 6) is -1.61. The minimum atomic E-state index is -4.43. The maximum atomic E-state index is 12.3. The average molecular weight is 321 g/mol. The Morgan fingerprint density at radius 2 is 2.05 bits per heavy atom. The fourth-order valence-electron chi connectivity index (χ4n) is 2.97. The van der Waals surface area contributed by atoms with Crippen molar-refractivity contribution in [2.24, 2.45) is 11.3 Å². The molecule has 2 amide bonds. The van der Waals surface area contributed by atoms with E-state index in [2.05, 4.69) is 17.6 Å². The van der Waals surface area contributed by atoms with Crippen molar-refractivity contribution < 1.29 is 22.8 Å². The number of piperidine rings is 1. The van der Waals surface area contributed by atoms with Crippen LogP contribution < -0.4 is 10.6 Å². The molecule has 2 fully saturated rings. The van der Waals surface area contributed by atoms with Gasteiger partial charge in [0.05, 0.1) is 5.92 Å². The molecule has 2 saturated heterocycles. The third-order valence-electron chi connectivity index (χ3n) is 4.46. The number of hydrogen-bond acceptors (Lipinski definition) is 3. The Hall–Kier alpha value is -1.31. The van der Waals surface area contributed by atoms with Gasteiger partial charge in [-0.3, -0.25) is 9.59 Å². The quantitative estimate of drug-likeness (QED) is 0.809. The predicted octanol–water partition coefficient (Wildman–Crippen LogP) is 0.903. The van der Waals surface area contributed by atoms with Crippen LogP contribution in [-0.4, -0.2) is 55.6 Å². The molecular weight excluding hydrogens is 299 g/mol. The Bertz CT molecular complexity index is 434. The third kappa shape index (κ3) is 4.59. The van der Waals surface area contributed by atoms with E-state index in [0.29, 0.717) is 6.54 Å². The number of likely N-dealkylation sites (tertiary alicyclic amines) is 1. The molecule has 0 radical (unpaired) electrons. The molecule has 2 heterocycles. The zero-order chi connectivity index (χ0) is 16.4. The number of rotatable bonds is 4. The Balaban J connectivity index is 1.82. The molecule has 126 valence electrons. The molecule has 2 N–H and O–H groups in total. The summed E-state index contributed by atoms with van der Waals surface area (Å²) in [6, 6.07) is 0. The van der Waals surface area contributed by atoms with Gasteiger partial charge in [0, 0.05) is 19.5 Å². The molecule has 5 nitrogen and oxygen atoms in total. The van der Waals surface area contributed by atoms with E-state index < -0.39 is 24.5 Å². The molecule has 8 heteroatoms. The normalized spacial score (nSPS) is 25.4. The number of alkyl halides is 3. The molecule has 1 unspecified atom stereocenters. The van der Waals surface area contributed by atoms with Crippen LogP contribution in [0, 0.1) is 11.3 Å². The van der Waals surface area contributed by atoms with Gasteiger partial charge in [0.2, 0.25) is 11.8 Å². The maximum absolute atomic E-state index is 12.3. The van der Waals surface area contributed by atoms with Gasteiger partial charge >= 0.3 is 6.18 Å². The smallest absolute Gasteiger partial charge is 0.355 e. The molecule has 0 aromatic rings. The second kappa shape index (κ2) is 6.44. The molecule has 2 aliphatic rings. The van der Waals surface area contributed by atoms with Crippen LogP contribution in [0.25, 0.3) is 0 Å². The summed E-state index contributed by atoms with van der Waals surface area (Å²) >= 11 is 0. The van der Waals surface area contributed by atoms with Crippen molar-refractivity contribution in [2.75, 3.05) is 32.7 Å². The van der Waals surface area contributed by atoms with E-state index in [0.717, 1.165) is 30.8 Å². The summed E-state index contributed by atoms with van der Waals surface area (Å²) in [5, 5.41) is 6.06. The highest BCUT2D eigenvalue weighted by Crippen LogP contribution is 2.28. The Morgan fingerprint density at radius 1 is 1.41 bits per heavy atom. The minimum Gasteiger partial charge on any atom is -0.355 e. The average Bonchev–Trinajstić information content (AvgIpc) is 2.76. The molecule has 22 heavy (non-hydrogen) atoms. The molecule has 0 bridgehead atoms. The largest absolute Gasteiger partial charge is 0.406 e. The van der Waals surface area contributed by atoms with Crippen molar-refractivity contribution in [2.45, 2.75) is 32.4 Å². The highest BCUT2D eigenvalue weighted by Gasteiger charge is 2.40. The molecule has 0 spiro atoms. The lowest BCUT2D eigenvalue weighted by atomic mass is 9.81. The monoisotopic (exact) mass is 321 g/mol. The van der Waals surface area contributed by atoms with Crippen molar-refractivity contribution in [3.63, 3.8) is 0 Å². The molecular formula is C14H22F3N3O2. The lowest BCUT2D eigenvalue weighted by molar-refractivity contribution is -0.157. The van der Waals surface area contributed by atoms with Gasteiger partial charge in [0.15, 0.2) is 0 Å². The fraction of sp³-hybridized carbons (Fsp3) is 0.857. The van der Waals surface area contributed by atoms with Gasteiger partial charge in [-0.25, -0.2) is 0 Å². The summed E-state index contributed by atoms with van der Waals surface area (Å²) < 4.78 is 37.0. The van der Waals surface area contributed by atoms with Crippen LogP contribution >= 0.6 is 0 Å². The van der Waals surface area contributed by atoms with E-state index in [1.165, 1.54) is 0 Å². The van der Waals surface area contributed by atoms with E-state index in [1.54, 1.807) is 0 Å². The van der Waals surface area contributed by atoms with Crippen LogP contribution in [0.4, 0.5) is 13.2 Å². The van der Waals surface area contributed by atoms with Crippen molar-refractivity contribution in [3.05, 3.63) is 0 Å². The van der Waals surface area contributed by atoms with Crippen LogP contribution in [0.3, 0.4) is 0 Å². The molecule has 0 aromatic carbocycles. The predicted molar refractivity (Wildman–Crippen MR) is 74.0 cm³/mol. The summed E-state index contributed by atoms with van der Waals surface area (Å²) in [7, 11) is 0. The summed E-state index contributed by atoms with van der Waals surface area (Å²) in [6.07, 6.45) is -2.68. The minimum absolute atomic E-state index is 0.00911. The standard InChI is InChI=1S/C14H22F3N3O2/c1-13(2-4-18-5-3-13)8-19-12(22)10-6-11(21)20(7-10)9-14(15,16)17/h10,18H,2-9H2,1H3,(H,19,22). The molecule has 2 aliphatic heterocycles. The van der Waals surface area contributed by atoms with Crippen molar-refractivity contribution >= 4 is 11.8 Å². The first-order valence-electron chi connectivity index (χ1n) is 7.51. The van der Waals surface area contributed by atoms with E-state index in [-0.39, 0.29) is 24.3 Å². The number of carbonyl (C=O) groups is 2. The van der Waals surface area contributed by atoms with Crippen LogP contribution in [0.1, 0.15) is 26.2 Å². The van der Waals surface area contributed by atoms with Crippen LogP contribution in [-0.2, 0) is 9.59 Å². The number of amides is 2. The number of hydrogen-bond donors (Lipinski definition) is 2. The van der Waals surface area contributed by atoms with Crippen molar-refractivity contribution in [1.29, 1.82) is 0 Å². The fourth-order valence-corrected chi connectivity index (χ4v) is 2.97. The Kier molecular flexibility index (Phi) is 4.99. The van der Waals surface area contributed by atoms with Crippen LogP contribution in [0.5, 0.6) is 0 Å². The van der Waals surface area contributed by atoms with Crippen molar-refractivity contribution in [1.82, 2.24) is 15.5 Å². The SMILES string of the molecule is CC1(CNC(=O)C2CC(=O)N(CC(F)(F)F)C2)CCNCC1. The summed E-state index contributed by atoms with van der Waals surface area (Å²) in [6.45, 7) is 2.95. The van der Waals surface area contributed by atoms with Gasteiger partial charge in [-0.2, -0.15) is 13.2 Å². The molecule has 1 atom stereocenters. The lowest BCUT2D eigenvalue weighted by Crippen LogP contribution is -2.44. The summed E-state index contributed by atoms with van der Waals surface area (Å²) in [4.78, 5) is 24.4. The zero-order valence-electron chi connectivity index (χ0n) is 12.6. The number of carbonyl (C=O) groups excluding carboxylic acids is 2. The Labute approximate surface area is 127 Å². The third-order valence-corrected chi connectivity index (χ3v) is 4.46. The van der Waals surface area contributed by atoms with E-state index in [4.69, 9.17) is 0 Å². The van der Waals surface area contributed by atoms with Gasteiger partial charge in [-0.1, -0.05) is 6.92 Å². The zero-order valence-corrected chi connectivity index (χ0v) is 12.6. The van der Waals surface area contributed by atoms with Gasteiger partial charge in [0.25, 0.3) is 0 Å². The maximum Gasteiger partial charge on any atom is 0.406 e. The van der Waals surface area contributed by atoms with Crippen molar-refractivity contribution in [3.8, 4) is 0 Å². The molecule has 0 aromatic heterocycles. The van der Waals surface area contributed by atoms with Crippen LogP contribution in [0.15, 0.2) is 0 Å². The molecule has 0 aliphatic carbocycles. The van der Waals surface area contributed by atoms with E-state index in [9.17, 15) is 22.8 Å². The number of nitrogens with zero attached hydrogens (tertiary/aromatic N) is 1. The first-order valence-corrected chi connectivity index (χ1v) is 7.51. The molecule has 2 rings (SSSR count). The second-order valence-corrected chi connectivity index (χ2v) is 6.57. The Morgan fingerprint density at radius 3 is 2.64 bits per heavy atom. The lowest BCUT2D eigenvalue weighted by Gasteiger charge is -2.34. The van der Waals surface area contributed by atoms with Gasteiger partial charge in [-0.05, 0) is 31.3 Å². The first kappa shape index (κ1) is 17.1. The second-order valence-electron chi connectivity index (χ2n) is 6.57. The topological polar surface area (TPSA) is 61.4 Å². The van der Waals surface area contributed by atoms with E-state index >= 15 is 0 Å². The number of nitrogens with one attached hydrogen (secondary N) is 2. The van der Waals surface area contributed by atoms with Gasteiger partial charge in [-0.15, -0.1) is 0 Å².